The highest BCUT2D eigenvalue weighted by Gasteiger charge is 2.22. The summed E-state index contributed by atoms with van der Waals surface area (Å²) in [5.41, 5.74) is 1.39. The summed E-state index contributed by atoms with van der Waals surface area (Å²) in [6.07, 6.45) is 6.34. The number of piperidine rings is 1. The molecule has 2 heterocycles. The summed E-state index contributed by atoms with van der Waals surface area (Å²) in [4.78, 5) is 7.09. The summed E-state index contributed by atoms with van der Waals surface area (Å²) in [7, 11) is -3.59. The van der Waals surface area contributed by atoms with Crippen LogP contribution in [0, 0.1) is 6.92 Å². The SMILES string of the molecule is CCC1CCCCN1c1ccc(NS(=O)(=O)c2cccc(C)c2)cn1. The summed E-state index contributed by atoms with van der Waals surface area (Å²) >= 11 is 0. The molecule has 1 unspecified atom stereocenters. The highest BCUT2D eigenvalue weighted by Crippen LogP contribution is 2.26. The van der Waals surface area contributed by atoms with Crippen LogP contribution in [0.4, 0.5) is 11.5 Å². The van der Waals surface area contributed by atoms with Crippen molar-refractivity contribution in [3.8, 4) is 0 Å². The summed E-state index contributed by atoms with van der Waals surface area (Å²) in [6, 6.07) is 11.1. The Morgan fingerprint density at radius 3 is 2.76 bits per heavy atom. The van der Waals surface area contributed by atoms with Gasteiger partial charge in [-0.3, -0.25) is 4.72 Å². The fourth-order valence-corrected chi connectivity index (χ4v) is 4.49. The van der Waals surface area contributed by atoms with Gasteiger partial charge in [-0.25, -0.2) is 13.4 Å². The zero-order chi connectivity index (χ0) is 17.9. The molecular weight excluding hydrogens is 334 g/mol. The van der Waals surface area contributed by atoms with Gasteiger partial charge in [-0.15, -0.1) is 0 Å². The lowest BCUT2D eigenvalue weighted by Gasteiger charge is -2.36. The van der Waals surface area contributed by atoms with Gasteiger partial charge >= 0.3 is 0 Å². The van der Waals surface area contributed by atoms with Crippen LogP contribution < -0.4 is 9.62 Å². The van der Waals surface area contributed by atoms with E-state index >= 15 is 0 Å². The topological polar surface area (TPSA) is 62.3 Å². The van der Waals surface area contributed by atoms with Crippen LogP contribution in [0.1, 0.15) is 38.2 Å². The molecule has 1 fully saturated rings. The van der Waals surface area contributed by atoms with E-state index in [9.17, 15) is 8.42 Å². The van der Waals surface area contributed by atoms with Gasteiger partial charge in [-0.2, -0.15) is 0 Å². The minimum atomic E-state index is -3.59. The van der Waals surface area contributed by atoms with Crippen LogP contribution in [0.2, 0.25) is 0 Å². The Morgan fingerprint density at radius 1 is 1.24 bits per heavy atom. The Balaban J connectivity index is 1.76. The minimum absolute atomic E-state index is 0.263. The van der Waals surface area contributed by atoms with E-state index in [-0.39, 0.29) is 4.90 Å². The number of sulfonamides is 1. The number of pyridine rings is 1. The molecule has 6 heteroatoms. The monoisotopic (exact) mass is 359 g/mol. The van der Waals surface area contributed by atoms with E-state index in [0.29, 0.717) is 11.7 Å². The van der Waals surface area contributed by atoms with E-state index in [1.54, 1.807) is 30.5 Å². The third-order valence-corrected chi connectivity index (χ3v) is 6.07. The number of hydrogen-bond acceptors (Lipinski definition) is 4. The third-order valence-electron chi connectivity index (χ3n) is 4.69. The summed E-state index contributed by atoms with van der Waals surface area (Å²) in [6.45, 7) is 5.09. The molecule has 1 aromatic heterocycles. The maximum atomic E-state index is 12.5. The number of rotatable bonds is 5. The molecule has 5 nitrogen and oxygen atoms in total. The average molecular weight is 359 g/mol. The number of benzene rings is 1. The van der Waals surface area contributed by atoms with Crippen LogP contribution in [-0.2, 0) is 10.0 Å². The predicted molar refractivity (Wildman–Crippen MR) is 102 cm³/mol. The lowest BCUT2D eigenvalue weighted by molar-refractivity contribution is 0.447. The summed E-state index contributed by atoms with van der Waals surface area (Å²) < 4.78 is 27.6. The van der Waals surface area contributed by atoms with Crippen LogP contribution in [-0.4, -0.2) is 26.0 Å². The Labute approximate surface area is 150 Å². The highest BCUT2D eigenvalue weighted by molar-refractivity contribution is 7.92. The van der Waals surface area contributed by atoms with Gasteiger partial charge in [0.25, 0.3) is 10.0 Å². The van der Waals surface area contributed by atoms with Crippen molar-refractivity contribution in [1.82, 2.24) is 4.98 Å². The van der Waals surface area contributed by atoms with Crippen molar-refractivity contribution in [2.75, 3.05) is 16.2 Å². The van der Waals surface area contributed by atoms with E-state index in [1.165, 1.54) is 19.3 Å². The molecule has 134 valence electrons. The van der Waals surface area contributed by atoms with Crippen LogP contribution in [0.15, 0.2) is 47.5 Å². The normalized spacial score (nSPS) is 18.2. The van der Waals surface area contributed by atoms with Gasteiger partial charge in [0.15, 0.2) is 0 Å². The number of nitrogens with one attached hydrogen (secondary N) is 1. The van der Waals surface area contributed by atoms with E-state index in [1.807, 2.05) is 19.1 Å². The zero-order valence-electron chi connectivity index (χ0n) is 14.8. The summed E-state index contributed by atoms with van der Waals surface area (Å²) in [5.74, 6) is 0.921. The predicted octanol–water partition coefficient (Wildman–Crippen LogP) is 3.96. The first-order valence-electron chi connectivity index (χ1n) is 8.82. The fraction of sp³-hybridized carbons (Fsp3) is 0.421. The standard InChI is InChI=1S/C19H25N3O2S/c1-3-17-8-4-5-12-22(17)19-11-10-16(14-20-19)21-25(23,24)18-9-6-7-15(2)13-18/h6-7,9-11,13-14,17,21H,3-5,8,12H2,1-2H3. The molecule has 0 radical (unpaired) electrons. The number of aryl methyl sites for hydroxylation is 1. The first-order valence-corrected chi connectivity index (χ1v) is 10.3. The number of hydrogen-bond donors (Lipinski definition) is 1. The van der Waals surface area contributed by atoms with Gasteiger partial charge < -0.3 is 4.90 Å². The van der Waals surface area contributed by atoms with Crippen LogP contribution in [0.5, 0.6) is 0 Å². The average Bonchev–Trinajstić information content (AvgIpc) is 2.62. The van der Waals surface area contributed by atoms with Crippen LogP contribution in [0.3, 0.4) is 0 Å². The number of anilines is 2. The molecule has 25 heavy (non-hydrogen) atoms. The number of nitrogens with zero attached hydrogens (tertiary/aromatic N) is 2. The van der Waals surface area contributed by atoms with Gasteiger partial charge in [0.05, 0.1) is 16.8 Å². The second-order valence-corrected chi connectivity index (χ2v) is 8.26. The molecule has 0 amide bonds. The molecule has 1 aliphatic rings. The van der Waals surface area contributed by atoms with Crippen molar-refractivity contribution >= 4 is 21.5 Å². The van der Waals surface area contributed by atoms with Gasteiger partial charge in [0.2, 0.25) is 0 Å². The van der Waals surface area contributed by atoms with Crippen LogP contribution >= 0.6 is 0 Å². The molecule has 0 aliphatic carbocycles. The third kappa shape index (κ3) is 4.12. The van der Waals surface area contributed by atoms with Crippen molar-refractivity contribution in [1.29, 1.82) is 0 Å². The molecular formula is C19H25N3O2S. The first kappa shape index (κ1) is 17.7. The van der Waals surface area contributed by atoms with Gasteiger partial charge in [-0.1, -0.05) is 19.1 Å². The van der Waals surface area contributed by atoms with Crippen molar-refractivity contribution < 1.29 is 8.42 Å². The minimum Gasteiger partial charge on any atom is -0.354 e. The van der Waals surface area contributed by atoms with Gasteiger partial charge in [0, 0.05) is 12.6 Å². The van der Waals surface area contributed by atoms with Crippen molar-refractivity contribution in [3.63, 3.8) is 0 Å². The molecule has 1 N–H and O–H groups in total. The Bertz CT molecular complexity index is 819. The zero-order valence-corrected chi connectivity index (χ0v) is 15.6. The highest BCUT2D eigenvalue weighted by atomic mass is 32.2. The maximum Gasteiger partial charge on any atom is 0.261 e. The second-order valence-electron chi connectivity index (χ2n) is 6.58. The molecule has 1 saturated heterocycles. The van der Waals surface area contributed by atoms with E-state index in [2.05, 4.69) is 21.5 Å². The maximum absolute atomic E-state index is 12.5. The van der Waals surface area contributed by atoms with Gasteiger partial charge in [0.1, 0.15) is 5.82 Å². The van der Waals surface area contributed by atoms with Crippen molar-refractivity contribution in [2.24, 2.45) is 0 Å². The fourth-order valence-electron chi connectivity index (χ4n) is 3.34. The van der Waals surface area contributed by atoms with E-state index in [0.717, 1.165) is 24.3 Å². The van der Waals surface area contributed by atoms with Gasteiger partial charge in [-0.05, 0) is 62.4 Å². The first-order chi connectivity index (χ1) is 12.0. The molecule has 2 aromatic rings. The lowest BCUT2D eigenvalue weighted by atomic mass is 10.00. The molecule has 1 atom stereocenters. The quantitative estimate of drug-likeness (QED) is 0.878. The largest absolute Gasteiger partial charge is 0.354 e. The number of aromatic nitrogens is 1. The second kappa shape index (κ2) is 7.44. The molecule has 1 aromatic carbocycles. The smallest absolute Gasteiger partial charge is 0.261 e. The molecule has 1 aliphatic heterocycles. The molecule has 3 rings (SSSR count). The molecule has 0 spiro atoms. The van der Waals surface area contributed by atoms with E-state index in [4.69, 9.17) is 0 Å². The Kier molecular flexibility index (Phi) is 5.27. The van der Waals surface area contributed by atoms with Crippen molar-refractivity contribution in [2.45, 2.75) is 50.5 Å². The Hall–Kier alpha value is -2.08. The Morgan fingerprint density at radius 2 is 2.08 bits per heavy atom. The molecule has 0 bridgehead atoms. The van der Waals surface area contributed by atoms with E-state index < -0.39 is 10.0 Å². The van der Waals surface area contributed by atoms with Crippen molar-refractivity contribution in [3.05, 3.63) is 48.2 Å². The van der Waals surface area contributed by atoms with Crippen LogP contribution in [0.25, 0.3) is 0 Å². The lowest BCUT2D eigenvalue weighted by Crippen LogP contribution is -2.39. The summed E-state index contributed by atoms with van der Waals surface area (Å²) in [5, 5.41) is 0. The molecule has 0 saturated carbocycles.